The van der Waals surface area contributed by atoms with Crippen molar-refractivity contribution in [2.24, 2.45) is 10.7 Å². The number of benzene rings is 1. The van der Waals surface area contributed by atoms with Gasteiger partial charge in [-0.3, -0.25) is 0 Å². The van der Waals surface area contributed by atoms with Crippen molar-refractivity contribution >= 4 is 6.02 Å². The number of nitrogens with zero attached hydrogens (tertiary/aromatic N) is 1. The minimum absolute atomic E-state index is 0.0468. The topological polar surface area (TPSA) is 56.8 Å². The summed E-state index contributed by atoms with van der Waals surface area (Å²) >= 11 is 0. The first-order valence-corrected chi connectivity index (χ1v) is 7.00. The zero-order valence-corrected chi connectivity index (χ0v) is 11.0. The van der Waals surface area contributed by atoms with Gasteiger partial charge in [0.1, 0.15) is 12.4 Å². The van der Waals surface area contributed by atoms with Gasteiger partial charge in [0, 0.05) is 0 Å². The van der Waals surface area contributed by atoms with E-state index in [1.807, 2.05) is 12.1 Å². The molecule has 0 saturated heterocycles. The van der Waals surface area contributed by atoms with Crippen LogP contribution in [0.4, 0.5) is 0 Å². The first-order chi connectivity index (χ1) is 9.31. The summed E-state index contributed by atoms with van der Waals surface area (Å²) in [7, 11) is 0. The number of rotatable bonds is 4. The molecular formula is C15H20N2O2. The maximum absolute atomic E-state index is 5.70. The molecular weight excluding hydrogens is 240 g/mol. The highest BCUT2D eigenvalue weighted by molar-refractivity contribution is 5.73. The highest BCUT2D eigenvalue weighted by Crippen LogP contribution is 2.34. The van der Waals surface area contributed by atoms with E-state index in [-0.39, 0.29) is 12.1 Å². The number of aliphatic imine (C=N–C) groups is 1. The summed E-state index contributed by atoms with van der Waals surface area (Å²) in [5.41, 5.74) is 6.90. The Bertz CT molecular complexity index is 450. The first-order valence-electron chi connectivity index (χ1n) is 7.00. The maximum atomic E-state index is 5.70. The largest absolute Gasteiger partial charge is 0.490 e. The quantitative estimate of drug-likeness (QED) is 0.904. The second-order valence-electron chi connectivity index (χ2n) is 5.28. The summed E-state index contributed by atoms with van der Waals surface area (Å²) in [5.74, 6) is 1.64. The SMILES string of the molecule is NC1=NCC(COc2ccc(C3CCCC3)cc2)O1. The molecule has 4 heteroatoms. The number of hydrogen-bond acceptors (Lipinski definition) is 4. The number of ether oxygens (including phenoxy) is 2. The van der Waals surface area contributed by atoms with Gasteiger partial charge in [0.15, 0.2) is 6.10 Å². The monoisotopic (exact) mass is 260 g/mol. The molecule has 0 amide bonds. The Morgan fingerprint density at radius 3 is 2.58 bits per heavy atom. The Balaban J connectivity index is 1.51. The fraction of sp³-hybridized carbons (Fsp3) is 0.533. The van der Waals surface area contributed by atoms with E-state index in [9.17, 15) is 0 Å². The highest BCUT2D eigenvalue weighted by atomic mass is 16.5. The lowest BCUT2D eigenvalue weighted by atomic mass is 9.98. The van der Waals surface area contributed by atoms with Crippen LogP contribution in [0.2, 0.25) is 0 Å². The predicted molar refractivity (Wildman–Crippen MR) is 74.5 cm³/mol. The van der Waals surface area contributed by atoms with Crippen LogP contribution in [-0.2, 0) is 4.74 Å². The average molecular weight is 260 g/mol. The van der Waals surface area contributed by atoms with Gasteiger partial charge in [0.25, 0.3) is 6.02 Å². The van der Waals surface area contributed by atoms with E-state index in [4.69, 9.17) is 15.2 Å². The molecule has 1 aliphatic carbocycles. The maximum Gasteiger partial charge on any atom is 0.282 e. The fourth-order valence-corrected chi connectivity index (χ4v) is 2.81. The average Bonchev–Trinajstić information content (AvgIpc) is 3.08. The van der Waals surface area contributed by atoms with E-state index >= 15 is 0 Å². The molecule has 0 spiro atoms. The number of nitrogens with two attached hydrogens (primary N) is 1. The zero-order chi connectivity index (χ0) is 13.1. The van der Waals surface area contributed by atoms with Crippen molar-refractivity contribution in [1.29, 1.82) is 0 Å². The van der Waals surface area contributed by atoms with Crippen LogP contribution in [0, 0.1) is 0 Å². The number of hydrogen-bond donors (Lipinski definition) is 1. The third-order valence-electron chi connectivity index (χ3n) is 3.88. The van der Waals surface area contributed by atoms with Crippen LogP contribution in [0.15, 0.2) is 29.3 Å². The molecule has 19 heavy (non-hydrogen) atoms. The van der Waals surface area contributed by atoms with E-state index in [0.29, 0.717) is 13.2 Å². The van der Waals surface area contributed by atoms with Gasteiger partial charge in [-0.1, -0.05) is 25.0 Å². The molecule has 102 valence electrons. The minimum atomic E-state index is -0.0468. The standard InChI is InChI=1S/C15H20N2O2/c16-15-17-9-14(19-15)10-18-13-7-5-12(6-8-13)11-3-1-2-4-11/h5-8,11,14H,1-4,9-10H2,(H2,16,17). The van der Waals surface area contributed by atoms with Crippen molar-refractivity contribution in [1.82, 2.24) is 0 Å². The fourth-order valence-electron chi connectivity index (χ4n) is 2.81. The van der Waals surface area contributed by atoms with Gasteiger partial charge in [-0.25, -0.2) is 4.99 Å². The van der Waals surface area contributed by atoms with Crippen molar-refractivity contribution in [3.05, 3.63) is 29.8 Å². The smallest absolute Gasteiger partial charge is 0.282 e. The minimum Gasteiger partial charge on any atom is -0.490 e. The summed E-state index contributed by atoms with van der Waals surface area (Å²) in [4.78, 5) is 3.99. The summed E-state index contributed by atoms with van der Waals surface area (Å²) in [5, 5.41) is 0. The molecule has 0 radical (unpaired) electrons. The Hall–Kier alpha value is -1.71. The third-order valence-corrected chi connectivity index (χ3v) is 3.88. The molecule has 1 aromatic rings. The zero-order valence-electron chi connectivity index (χ0n) is 11.0. The van der Waals surface area contributed by atoms with E-state index in [1.165, 1.54) is 31.2 Å². The molecule has 1 heterocycles. The predicted octanol–water partition coefficient (Wildman–Crippen LogP) is 2.44. The molecule has 1 aliphatic heterocycles. The van der Waals surface area contributed by atoms with Crippen molar-refractivity contribution in [3.8, 4) is 5.75 Å². The lowest BCUT2D eigenvalue weighted by molar-refractivity contribution is 0.141. The van der Waals surface area contributed by atoms with Gasteiger partial charge >= 0.3 is 0 Å². The van der Waals surface area contributed by atoms with Gasteiger partial charge in [0.2, 0.25) is 0 Å². The molecule has 2 N–H and O–H groups in total. The second kappa shape index (κ2) is 5.51. The summed E-state index contributed by atoms with van der Waals surface area (Å²) < 4.78 is 11.0. The summed E-state index contributed by atoms with van der Waals surface area (Å²) in [6, 6.07) is 8.74. The first kappa shape index (κ1) is 12.3. The Morgan fingerprint density at radius 2 is 1.95 bits per heavy atom. The van der Waals surface area contributed by atoms with Gasteiger partial charge in [-0.2, -0.15) is 0 Å². The molecule has 0 bridgehead atoms. The summed E-state index contributed by atoms with van der Waals surface area (Å²) in [6.07, 6.45) is 5.33. The van der Waals surface area contributed by atoms with E-state index in [2.05, 4.69) is 17.1 Å². The van der Waals surface area contributed by atoms with E-state index in [1.54, 1.807) is 0 Å². The van der Waals surface area contributed by atoms with Crippen molar-refractivity contribution in [2.75, 3.05) is 13.2 Å². The number of amidine groups is 1. The van der Waals surface area contributed by atoms with Crippen molar-refractivity contribution in [2.45, 2.75) is 37.7 Å². The summed E-state index contributed by atoms with van der Waals surface area (Å²) in [6.45, 7) is 1.08. The third kappa shape index (κ3) is 3.00. The van der Waals surface area contributed by atoms with Crippen molar-refractivity contribution in [3.63, 3.8) is 0 Å². The molecule has 2 aliphatic rings. The molecule has 1 atom stereocenters. The van der Waals surface area contributed by atoms with E-state index < -0.39 is 0 Å². The van der Waals surface area contributed by atoms with E-state index in [0.717, 1.165) is 11.7 Å². The normalized spacial score (nSPS) is 23.2. The molecule has 0 aromatic heterocycles. The molecule has 4 nitrogen and oxygen atoms in total. The lowest BCUT2D eigenvalue weighted by Crippen LogP contribution is -2.24. The van der Waals surface area contributed by atoms with Crippen LogP contribution in [0.25, 0.3) is 0 Å². The van der Waals surface area contributed by atoms with Crippen molar-refractivity contribution < 1.29 is 9.47 Å². The molecule has 3 rings (SSSR count). The molecule has 1 fully saturated rings. The van der Waals surface area contributed by atoms with Gasteiger partial charge < -0.3 is 15.2 Å². The second-order valence-corrected chi connectivity index (χ2v) is 5.28. The van der Waals surface area contributed by atoms with Crippen LogP contribution in [0.3, 0.4) is 0 Å². The Labute approximate surface area is 113 Å². The van der Waals surface area contributed by atoms with Crippen LogP contribution in [0.5, 0.6) is 5.75 Å². The lowest BCUT2D eigenvalue weighted by Gasteiger charge is -2.13. The van der Waals surface area contributed by atoms with Gasteiger partial charge in [-0.05, 0) is 36.5 Å². The van der Waals surface area contributed by atoms with Gasteiger partial charge in [-0.15, -0.1) is 0 Å². The van der Waals surface area contributed by atoms with Crippen LogP contribution in [0.1, 0.15) is 37.2 Å². The highest BCUT2D eigenvalue weighted by Gasteiger charge is 2.19. The Kier molecular flexibility index (Phi) is 3.58. The van der Waals surface area contributed by atoms with Gasteiger partial charge in [0.05, 0.1) is 6.54 Å². The van der Waals surface area contributed by atoms with Crippen LogP contribution in [-0.4, -0.2) is 25.3 Å². The Morgan fingerprint density at radius 1 is 1.21 bits per heavy atom. The van der Waals surface area contributed by atoms with Crippen LogP contribution >= 0.6 is 0 Å². The van der Waals surface area contributed by atoms with Crippen LogP contribution < -0.4 is 10.5 Å². The molecule has 1 aromatic carbocycles. The molecule has 1 unspecified atom stereocenters. The molecule has 1 saturated carbocycles.